The summed E-state index contributed by atoms with van der Waals surface area (Å²) in [4.78, 5) is 12.7. The molecule has 0 aromatic heterocycles. The quantitative estimate of drug-likeness (QED) is 0.857. The second-order valence-corrected chi connectivity index (χ2v) is 8.41. The Bertz CT molecular complexity index is 903. The highest BCUT2D eigenvalue weighted by Gasteiger charge is 2.37. The Morgan fingerprint density at radius 1 is 1.15 bits per heavy atom. The van der Waals surface area contributed by atoms with Crippen molar-refractivity contribution in [1.29, 1.82) is 0 Å². The van der Waals surface area contributed by atoms with Gasteiger partial charge in [0.2, 0.25) is 15.9 Å². The molecule has 8 heteroatoms. The first kappa shape index (κ1) is 18.8. The molecule has 138 valence electrons. The van der Waals surface area contributed by atoms with Crippen LogP contribution in [0.3, 0.4) is 0 Å². The van der Waals surface area contributed by atoms with Crippen LogP contribution in [0.15, 0.2) is 53.4 Å². The van der Waals surface area contributed by atoms with E-state index in [-0.39, 0.29) is 11.4 Å². The molecule has 1 fully saturated rings. The summed E-state index contributed by atoms with van der Waals surface area (Å²) in [6, 6.07) is 10.5. The number of nitrogens with one attached hydrogen (secondary N) is 1. The van der Waals surface area contributed by atoms with Crippen LogP contribution in [-0.4, -0.2) is 31.2 Å². The van der Waals surface area contributed by atoms with Gasteiger partial charge in [-0.25, -0.2) is 12.8 Å². The van der Waals surface area contributed by atoms with Gasteiger partial charge in [-0.2, -0.15) is 4.31 Å². The minimum Gasteiger partial charge on any atom is -0.325 e. The summed E-state index contributed by atoms with van der Waals surface area (Å²) < 4.78 is 40.2. The molecule has 1 unspecified atom stereocenters. The third-order valence-corrected chi connectivity index (χ3v) is 6.43. The van der Waals surface area contributed by atoms with E-state index in [4.69, 9.17) is 11.6 Å². The summed E-state index contributed by atoms with van der Waals surface area (Å²) >= 11 is 5.92. The zero-order chi connectivity index (χ0) is 18.7. The maximum Gasteiger partial charge on any atom is 0.243 e. The molecule has 0 saturated carbocycles. The Morgan fingerprint density at radius 3 is 2.58 bits per heavy atom. The van der Waals surface area contributed by atoms with Crippen LogP contribution in [0, 0.1) is 5.82 Å². The Morgan fingerprint density at radius 2 is 1.88 bits per heavy atom. The van der Waals surface area contributed by atoms with Crippen LogP contribution in [-0.2, 0) is 14.8 Å². The summed E-state index contributed by atoms with van der Waals surface area (Å²) in [6.07, 6.45) is 1.84. The van der Waals surface area contributed by atoms with Gasteiger partial charge in [0.25, 0.3) is 0 Å². The van der Waals surface area contributed by atoms with Gasteiger partial charge in [-0.3, -0.25) is 4.79 Å². The molecule has 1 N–H and O–H groups in total. The van der Waals surface area contributed by atoms with E-state index in [2.05, 4.69) is 5.32 Å². The van der Waals surface area contributed by atoms with Gasteiger partial charge in [0.05, 0.1) is 4.90 Å². The minimum atomic E-state index is -3.89. The molecule has 3 rings (SSSR count). The van der Waals surface area contributed by atoms with Gasteiger partial charge in [-0.15, -0.1) is 0 Å². The average Bonchev–Trinajstić information content (AvgIpc) is 2.62. The van der Waals surface area contributed by atoms with Gasteiger partial charge in [0.1, 0.15) is 11.9 Å². The first-order valence-electron chi connectivity index (χ1n) is 8.22. The fraction of sp³-hybridized carbons (Fsp3) is 0.278. The third-order valence-electron chi connectivity index (χ3n) is 4.27. The standard InChI is InChI=1S/C18H18ClFN2O3S/c19-13-4-3-5-15(12-13)21-18(23)17-6-1-2-11-22(17)26(24,25)16-9-7-14(20)8-10-16/h3-5,7-10,12,17H,1-2,6,11H2,(H,21,23). The Balaban J connectivity index is 1.85. The number of hydrogen-bond donors (Lipinski definition) is 1. The summed E-state index contributed by atoms with van der Waals surface area (Å²) in [6.45, 7) is 0.243. The smallest absolute Gasteiger partial charge is 0.243 e. The molecule has 1 aliphatic rings. The van der Waals surface area contributed by atoms with Gasteiger partial charge in [-0.05, 0) is 55.3 Å². The lowest BCUT2D eigenvalue weighted by Gasteiger charge is -2.33. The second kappa shape index (κ2) is 7.73. The molecule has 1 amide bonds. The van der Waals surface area contributed by atoms with Crippen LogP contribution in [0.25, 0.3) is 0 Å². The van der Waals surface area contributed by atoms with E-state index in [1.165, 1.54) is 16.4 Å². The lowest BCUT2D eigenvalue weighted by atomic mass is 10.0. The fourth-order valence-corrected chi connectivity index (χ4v) is 4.84. The molecule has 1 saturated heterocycles. The van der Waals surface area contributed by atoms with Crippen molar-refractivity contribution in [3.63, 3.8) is 0 Å². The van der Waals surface area contributed by atoms with Gasteiger partial charge in [0.15, 0.2) is 0 Å². The van der Waals surface area contributed by atoms with Crippen molar-refractivity contribution in [1.82, 2.24) is 4.31 Å². The van der Waals surface area contributed by atoms with Crippen LogP contribution >= 0.6 is 11.6 Å². The number of anilines is 1. The average molecular weight is 397 g/mol. The van der Waals surface area contributed by atoms with E-state index in [9.17, 15) is 17.6 Å². The zero-order valence-corrected chi connectivity index (χ0v) is 15.4. The third kappa shape index (κ3) is 4.06. The molecule has 2 aromatic carbocycles. The van der Waals surface area contributed by atoms with Crippen molar-refractivity contribution in [3.8, 4) is 0 Å². The largest absolute Gasteiger partial charge is 0.325 e. The number of hydrogen-bond acceptors (Lipinski definition) is 3. The van der Waals surface area contributed by atoms with E-state index < -0.39 is 27.8 Å². The van der Waals surface area contributed by atoms with Crippen LogP contribution in [0.5, 0.6) is 0 Å². The number of carbonyl (C=O) groups excluding carboxylic acids is 1. The predicted octanol–water partition coefficient (Wildman–Crippen LogP) is 3.66. The normalized spacial score (nSPS) is 18.5. The molecule has 0 bridgehead atoms. The van der Waals surface area contributed by atoms with E-state index in [1.807, 2.05) is 0 Å². The number of nitrogens with zero attached hydrogens (tertiary/aromatic N) is 1. The van der Waals surface area contributed by atoms with E-state index in [0.29, 0.717) is 23.6 Å². The molecular formula is C18H18ClFN2O3S. The van der Waals surface area contributed by atoms with E-state index >= 15 is 0 Å². The Labute approximate surface area is 156 Å². The molecule has 1 atom stereocenters. The Kier molecular flexibility index (Phi) is 5.60. The Hall–Kier alpha value is -1.96. The highest BCUT2D eigenvalue weighted by molar-refractivity contribution is 7.89. The fourth-order valence-electron chi connectivity index (χ4n) is 2.99. The van der Waals surface area contributed by atoms with Crippen molar-refractivity contribution in [2.75, 3.05) is 11.9 Å². The molecule has 0 spiro atoms. The molecular weight excluding hydrogens is 379 g/mol. The lowest BCUT2D eigenvalue weighted by molar-refractivity contribution is -0.120. The van der Waals surface area contributed by atoms with Crippen molar-refractivity contribution in [2.24, 2.45) is 0 Å². The van der Waals surface area contributed by atoms with Crippen molar-refractivity contribution in [2.45, 2.75) is 30.2 Å². The van der Waals surface area contributed by atoms with E-state index in [0.717, 1.165) is 18.6 Å². The topological polar surface area (TPSA) is 66.5 Å². The zero-order valence-electron chi connectivity index (χ0n) is 13.9. The first-order valence-corrected chi connectivity index (χ1v) is 10.0. The SMILES string of the molecule is O=C(Nc1cccc(Cl)c1)C1CCCCN1S(=O)(=O)c1ccc(F)cc1. The second-order valence-electron chi connectivity index (χ2n) is 6.08. The number of amides is 1. The van der Waals surface area contributed by atoms with Crippen molar-refractivity contribution >= 4 is 33.2 Å². The molecule has 0 radical (unpaired) electrons. The van der Waals surface area contributed by atoms with Crippen molar-refractivity contribution < 1.29 is 17.6 Å². The molecule has 26 heavy (non-hydrogen) atoms. The summed E-state index contributed by atoms with van der Waals surface area (Å²) in [5, 5.41) is 3.20. The summed E-state index contributed by atoms with van der Waals surface area (Å²) in [7, 11) is -3.89. The molecule has 1 aliphatic heterocycles. The van der Waals surface area contributed by atoms with E-state index in [1.54, 1.807) is 24.3 Å². The lowest BCUT2D eigenvalue weighted by Crippen LogP contribution is -2.49. The van der Waals surface area contributed by atoms with Gasteiger partial charge in [0, 0.05) is 17.3 Å². The van der Waals surface area contributed by atoms with Crippen LogP contribution in [0.1, 0.15) is 19.3 Å². The molecule has 1 heterocycles. The maximum absolute atomic E-state index is 13.1. The molecule has 0 aliphatic carbocycles. The first-order chi connectivity index (χ1) is 12.4. The van der Waals surface area contributed by atoms with Crippen LogP contribution in [0.4, 0.5) is 10.1 Å². The van der Waals surface area contributed by atoms with Gasteiger partial charge in [-0.1, -0.05) is 24.1 Å². The number of rotatable bonds is 4. The number of sulfonamides is 1. The number of benzene rings is 2. The maximum atomic E-state index is 13.1. The highest BCUT2D eigenvalue weighted by Crippen LogP contribution is 2.27. The number of halogens is 2. The summed E-state index contributed by atoms with van der Waals surface area (Å²) in [5.41, 5.74) is 0.507. The molecule has 2 aromatic rings. The number of piperidine rings is 1. The minimum absolute atomic E-state index is 0.0265. The molecule has 5 nitrogen and oxygen atoms in total. The number of carbonyl (C=O) groups is 1. The van der Waals surface area contributed by atoms with Crippen LogP contribution < -0.4 is 5.32 Å². The highest BCUT2D eigenvalue weighted by atomic mass is 35.5. The van der Waals surface area contributed by atoms with Crippen LogP contribution in [0.2, 0.25) is 5.02 Å². The van der Waals surface area contributed by atoms with Gasteiger partial charge >= 0.3 is 0 Å². The summed E-state index contributed by atoms with van der Waals surface area (Å²) in [5.74, 6) is -0.921. The van der Waals surface area contributed by atoms with Gasteiger partial charge < -0.3 is 5.32 Å². The predicted molar refractivity (Wildman–Crippen MR) is 98.0 cm³/mol. The monoisotopic (exact) mass is 396 g/mol. The van der Waals surface area contributed by atoms with Crippen molar-refractivity contribution in [3.05, 3.63) is 59.4 Å².